The molecule has 2 aromatic heterocycles. The number of hydrogen-bond acceptors (Lipinski definition) is 9. The Bertz CT molecular complexity index is 1560. The number of aliphatic hydroxyl groups is 1. The van der Waals surface area contributed by atoms with Gasteiger partial charge in [0.05, 0.1) is 11.0 Å². The number of aryl methyl sites for hydroxylation is 1. The number of aliphatic hydroxyl groups excluding tert-OH is 1. The first-order valence-electron chi connectivity index (χ1n) is 15.1. The average Bonchev–Trinajstić information content (AvgIpc) is 3.67. The molecule has 2 aromatic carbocycles. The Hall–Kier alpha value is -3.80. The Kier molecular flexibility index (Phi) is 10.4. The maximum atomic E-state index is 13.2. The first kappa shape index (κ1) is 30.7. The maximum Gasteiger partial charge on any atom is 0.328 e. The van der Waals surface area contributed by atoms with Crippen LogP contribution in [0.25, 0.3) is 0 Å². The van der Waals surface area contributed by atoms with Crippen molar-refractivity contribution in [2.75, 3.05) is 29.3 Å². The molecule has 0 saturated heterocycles. The van der Waals surface area contributed by atoms with Gasteiger partial charge in [0.25, 0.3) is 10.0 Å². The van der Waals surface area contributed by atoms with E-state index >= 15 is 0 Å². The molecule has 4 aromatic rings. The number of nitrogens with zero attached hydrogens (tertiary/aromatic N) is 4. The molecule has 0 aliphatic carbocycles. The highest BCUT2D eigenvalue weighted by Crippen LogP contribution is 2.35. The van der Waals surface area contributed by atoms with Crippen LogP contribution in [0, 0.1) is 0 Å². The predicted octanol–water partition coefficient (Wildman–Crippen LogP) is 5.34. The number of nitrogens with one attached hydrogen (secondary N) is 2. The van der Waals surface area contributed by atoms with E-state index in [2.05, 4.69) is 32.1 Å². The van der Waals surface area contributed by atoms with Crippen molar-refractivity contribution in [3.05, 3.63) is 89.5 Å². The first-order valence-corrected chi connectivity index (χ1v) is 16.5. The lowest BCUT2D eigenvalue weighted by molar-refractivity contribution is 0.174. The normalized spacial score (nSPS) is 13.7. The molecule has 1 aliphatic heterocycles. The molecule has 10 nitrogen and oxygen atoms in total. The monoisotopic (exact) mass is 604 g/mol. The topological polar surface area (TPSA) is 133 Å². The molecule has 0 bridgehead atoms. The van der Waals surface area contributed by atoms with Gasteiger partial charge >= 0.3 is 6.01 Å². The van der Waals surface area contributed by atoms with Gasteiger partial charge in [-0.2, -0.15) is 4.98 Å². The van der Waals surface area contributed by atoms with E-state index < -0.39 is 16.1 Å². The van der Waals surface area contributed by atoms with Crippen molar-refractivity contribution in [2.45, 2.75) is 69.3 Å². The minimum absolute atomic E-state index is 0.215. The molecule has 11 heteroatoms. The van der Waals surface area contributed by atoms with E-state index in [1.807, 2.05) is 29.2 Å². The molecular weight excluding hydrogens is 564 g/mol. The summed E-state index contributed by atoms with van der Waals surface area (Å²) in [4.78, 5) is 10.8. The zero-order chi connectivity index (χ0) is 30.1. The number of fused-ring (bicyclic) bond motifs is 1. The third kappa shape index (κ3) is 8.19. The maximum absolute atomic E-state index is 13.2. The van der Waals surface area contributed by atoms with Gasteiger partial charge in [-0.3, -0.25) is 14.6 Å². The quantitative estimate of drug-likeness (QED) is 0.145. The number of sulfonamides is 1. The third-order valence-electron chi connectivity index (χ3n) is 7.65. The fourth-order valence-corrected chi connectivity index (χ4v) is 6.31. The minimum Gasteiger partial charge on any atom is -0.387 e. The van der Waals surface area contributed by atoms with Crippen molar-refractivity contribution in [3.63, 3.8) is 0 Å². The highest BCUT2D eigenvalue weighted by molar-refractivity contribution is 7.92. The van der Waals surface area contributed by atoms with Crippen molar-refractivity contribution in [3.8, 4) is 0 Å². The first-order chi connectivity index (χ1) is 20.9. The van der Waals surface area contributed by atoms with Crippen LogP contribution in [0.3, 0.4) is 0 Å². The SMILES string of the molecule is CCCCCCCc1noc(N2CCc3cc(S(=O)(=O)Nc4ccc(CCNCC(O)c5cccnc5)cc4)ccc32)n1. The molecule has 5 rings (SSSR count). The number of pyridine rings is 1. The second-order valence-electron chi connectivity index (χ2n) is 10.9. The van der Waals surface area contributed by atoms with Crippen LogP contribution in [-0.4, -0.2) is 48.3 Å². The van der Waals surface area contributed by atoms with Gasteiger partial charge in [-0.05, 0) is 73.3 Å². The molecule has 0 spiro atoms. The van der Waals surface area contributed by atoms with Crippen LogP contribution in [0.2, 0.25) is 0 Å². The van der Waals surface area contributed by atoms with Gasteiger partial charge in [0.1, 0.15) is 0 Å². The highest BCUT2D eigenvalue weighted by Gasteiger charge is 2.27. The van der Waals surface area contributed by atoms with Crippen LogP contribution < -0.4 is 14.9 Å². The molecule has 3 N–H and O–H groups in total. The van der Waals surface area contributed by atoms with E-state index in [1.54, 1.807) is 42.7 Å². The van der Waals surface area contributed by atoms with Gasteiger partial charge < -0.3 is 14.9 Å². The summed E-state index contributed by atoms with van der Waals surface area (Å²) >= 11 is 0. The number of anilines is 3. The summed E-state index contributed by atoms with van der Waals surface area (Å²) in [5, 5.41) is 17.6. The van der Waals surface area contributed by atoms with Crippen LogP contribution in [0.1, 0.15) is 67.6 Å². The van der Waals surface area contributed by atoms with Crippen molar-refractivity contribution in [2.24, 2.45) is 0 Å². The van der Waals surface area contributed by atoms with Crippen LogP contribution in [0.4, 0.5) is 17.4 Å². The minimum atomic E-state index is -3.76. The molecule has 1 atom stereocenters. The summed E-state index contributed by atoms with van der Waals surface area (Å²) in [6, 6.07) is 16.6. The molecular formula is C32H40N6O4S. The molecule has 0 radical (unpaired) electrons. The van der Waals surface area contributed by atoms with Gasteiger partial charge in [-0.15, -0.1) is 0 Å². The standard InChI is InChI=1S/C32H40N6O4S/c1-2-3-4-5-6-9-31-35-32(42-36-31)38-20-17-25-21-28(14-15-29(25)38)43(40,41)37-27-12-10-24(11-13-27)16-19-34-23-30(39)26-8-7-18-33-22-26/h7-8,10-15,18,21-22,30,34,37,39H,2-6,9,16-17,19-20,23H2,1H3. The lowest BCUT2D eigenvalue weighted by Crippen LogP contribution is -2.23. The molecule has 0 amide bonds. The van der Waals surface area contributed by atoms with Crippen LogP contribution in [0.15, 0.2) is 76.4 Å². The lowest BCUT2D eigenvalue weighted by atomic mass is 10.1. The summed E-state index contributed by atoms with van der Waals surface area (Å²) in [5.74, 6) is 0.713. The zero-order valence-corrected chi connectivity index (χ0v) is 25.4. The Balaban J connectivity index is 1.12. The molecule has 0 fully saturated rings. The lowest BCUT2D eigenvalue weighted by Gasteiger charge is -2.14. The Morgan fingerprint density at radius 3 is 2.67 bits per heavy atom. The predicted molar refractivity (Wildman–Crippen MR) is 167 cm³/mol. The van der Waals surface area contributed by atoms with Gasteiger partial charge in [0, 0.05) is 48.8 Å². The molecule has 1 unspecified atom stereocenters. The van der Waals surface area contributed by atoms with E-state index in [1.165, 1.54) is 19.3 Å². The zero-order valence-electron chi connectivity index (χ0n) is 24.6. The number of aromatic nitrogens is 3. The van der Waals surface area contributed by atoms with Crippen LogP contribution >= 0.6 is 0 Å². The molecule has 3 heterocycles. The largest absolute Gasteiger partial charge is 0.387 e. The number of benzene rings is 2. The van der Waals surface area contributed by atoms with Crippen molar-refractivity contribution >= 4 is 27.4 Å². The van der Waals surface area contributed by atoms with E-state index in [4.69, 9.17) is 4.52 Å². The number of hydrogen-bond donors (Lipinski definition) is 3. The van der Waals surface area contributed by atoms with Gasteiger partial charge in [-0.25, -0.2) is 8.42 Å². The molecule has 1 aliphatic rings. The Labute approximate surface area is 253 Å². The van der Waals surface area contributed by atoms with Crippen molar-refractivity contribution in [1.82, 2.24) is 20.4 Å². The van der Waals surface area contributed by atoms with Crippen LogP contribution in [-0.2, 0) is 29.3 Å². The summed E-state index contributed by atoms with van der Waals surface area (Å²) in [7, 11) is -3.76. The third-order valence-corrected chi connectivity index (χ3v) is 9.03. The summed E-state index contributed by atoms with van der Waals surface area (Å²) in [6.07, 6.45) is 10.9. The van der Waals surface area contributed by atoms with E-state index in [0.29, 0.717) is 43.6 Å². The van der Waals surface area contributed by atoms with E-state index in [9.17, 15) is 13.5 Å². The highest BCUT2D eigenvalue weighted by atomic mass is 32.2. The van der Waals surface area contributed by atoms with Crippen molar-refractivity contribution < 1.29 is 18.0 Å². The average molecular weight is 605 g/mol. The van der Waals surface area contributed by atoms with Gasteiger partial charge in [0.2, 0.25) is 0 Å². The van der Waals surface area contributed by atoms with Crippen LogP contribution in [0.5, 0.6) is 0 Å². The Morgan fingerprint density at radius 2 is 1.88 bits per heavy atom. The number of rotatable bonds is 16. The van der Waals surface area contributed by atoms with Gasteiger partial charge in [-0.1, -0.05) is 56.0 Å². The second kappa shape index (κ2) is 14.6. The molecule has 228 valence electrons. The smallest absolute Gasteiger partial charge is 0.328 e. The van der Waals surface area contributed by atoms with Gasteiger partial charge in [0.15, 0.2) is 5.82 Å². The summed E-state index contributed by atoms with van der Waals surface area (Å²) < 4.78 is 34.6. The fourth-order valence-electron chi connectivity index (χ4n) is 5.20. The summed E-state index contributed by atoms with van der Waals surface area (Å²) in [6.45, 7) is 3.97. The molecule has 0 saturated carbocycles. The Morgan fingerprint density at radius 1 is 1.05 bits per heavy atom. The number of unbranched alkanes of at least 4 members (excludes halogenated alkanes) is 4. The van der Waals surface area contributed by atoms with E-state index in [-0.39, 0.29) is 4.90 Å². The fraction of sp³-hybridized carbons (Fsp3) is 0.406. The van der Waals surface area contributed by atoms with Crippen molar-refractivity contribution in [1.29, 1.82) is 0 Å². The molecule has 43 heavy (non-hydrogen) atoms. The van der Waals surface area contributed by atoms with E-state index in [0.717, 1.165) is 48.1 Å². The summed E-state index contributed by atoms with van der Waals surface area (Å²) in [5.41, 5.74) is 4.15. The second-order valence-corrected chi connectivity index (χ2v) is 12.6.